The summed E-state index contributed by atoms with van der Waals surface area (Å²) in [6.45, 7) is 1.38. The predicted octanol–water partition coefficient (Wildman–Crippen LogP) is 1.95. The lowest BCUT2D eigenvalue weighted by Crippen LogP contribution is -2.00. The standard InChI is InChI=1S/C11H10O3/c1-9(12)7-8-14-11(13)10-5-3-2-4-6-10/h2-8H,1H3. The molecule has 0 aliphatic heterocycles. The van der Waals surface area contributed by atoms with Crippen LogP contribution in [0.1, 0.15) is 17.3 Å². The number of benzene rings is 1. The fourth-order valence-electron chi connectivity index (χ4n) is 0.834. The zero-order valence-electron chi connectivity index (χ0n) is 7.77. The van der Waals surface area contributed by atoms with Crippen LogP contribution in [0.25, 0.3) is 0 Å². The number of ketones is 1. The van der Waals surface area contributed by atoms with Crippen LogP contribution in [-0.2, 0) is 9.53 Å². The van der Waals surface area contributed by atoms with E-state index in [4.69, 9.17) is 4.74 Å². The van der Waals surface area contributed by atoms with Gasteiger partial charge in [0.05, 0.1) is 11.8 Å². The highest BCUT2D eigenvalue weighted by molar-refractivity contribution is 5.91. The monoisotopic (exact) mass is 190 g/mol. The van der Waals surface area contributed by atoms with E-state index >= 15 is 0 Å². The van der Waals surface area contributed by atoms with Crippen LogP contribution in [0.5, 0.6) is 0 Å². The summed E-state index contributed by atoms with van der Waals surface area (Å²) in [5, 5.41) is 0. The van der Waals surface area contributed by atoms with E-state index in [2.05, 4.69) is 0 Å². The van der Waals surface area contributed by atoms with Crippen molar-refractivity contribution in [3.63, 3.8) is 0 Å². The third-order valence-corrected chi connectivity index (χ3v) is 1.49. The zero-order valence-corrected chi connectivity index (χ0v) is 7.77. The number of rotatable bonds is 3. The van der Waals surface area contributed by atoms with Crippen molar-refractivity contribution in [3.8, 4) is 0 Å². The molecule has 3 heteroatoms. The lowest BCUT2D eigenvalue weighted by atomic mass is 10.2. The lowest BCUT2D eigenvalue weighted by Gasteiger charge is -1.97. The normalized spacial score (nSPS) is 10.1. The number of hydrogen-bond acceptors (Lipinski definition) is 3. The van der Waals surface area contributed by atoms with Crippen molar-refractivity contribution in [3.05, 3.63) is 48.2 Å². The van der Waals surface area contributed by atoms with Crippen LogP contribution >= 0.6 is 0 Å². The van der Waals surface area contributed by atoms with E-state index in [9.17, 15) is 9.59 Å². The quantitative estimate of drug-likeness (QED) is 0.415. The molecule has 1 aromatic rings. The van der Waals surface area contributed by atoms with Crippen molar-refractivity contribution in [1.29, 1.82) is 0 Å². The summed E-state index contributed by atoms with van der Waals surface area (Å²) in [5.41, 5.74) is 0.459. The van der Waals surface area contributed by atoms with Crippen LogP contribution in [-0.4, -0.2) is 11.8 Å². The molecule has 0 aliphatic carbocycles. The second-order valence-corrected chi connectivity index (χ2v) is 2.68. The van der Waals surface area contributed by atoms with Crippen LogP contribution in [0, 0.1) is 0 Å². The Hall–Kier alpha value is -1.90. The van der Waals surface area contributed by atoms with Crippen LogP contribution in [0.15, 0.2) is 42.7 Å². The average Bonchev–Trinajstić information content (AvgIpc) is 2.18. The molecular formula is C11H10O3. The Bertz CT molecular complexity index is 352. The Labute approximate surface area is 82.0 Å². The average molecular weight is 190 g/mol. The van der Waals surface area contributed by atoms with Crippen molar-refractivity contribution in [2.45, 2.75) is 6.92 Å². The summed E-state index contributed by atoms with van der Waals surface area (Å²) in [4.78, 5) is 21.7. The molecule has 0 atom stereocenters. The van der Waals surface area contributed by atoms with Crippen LogP contribution in [0.3, 0.4) is 0 Å². The van der Waals surface area contributed by atoms with E-state index in [0.717, 1.165) is 6.26 Å². The van der Waals surface area contributed by atoms with E-state index in [0.29, 0.717) is 5.56 Å². The summed E-state index contributed by atoms with van der Waals surface area (Å²) in [6, 6.07) is 8.58. The highest BCUT2D eigenvalue weighted by atomic mass is 16.5. The van der Waals surface area contributed by atoms with E-state index in [1.54, 1.807) is 24.3 Å². The summed E-state index contributed by atoms with van der Waals surface area (Å²) in [7, 11) is 0. The summed E-state index contributed by atoms with van der Waals surface area (Å²) in [6.07, 6.45) is 2.29. The molecule has 0 aromatic heterocycles. The van der Waals surface area contributed by atoms with Gasteiger partial charge in [-0.1, -0.05) is 18.2 Å². The van der Waals surface area contributed by atoms with Crippen LogP contribution < -0.4 is 0 Å². The smallest absolute Gasteiger partial charge is 0.342 e. The van der Waals surface area contributed by atoms with E-state index in [1.807, 2.05) is 6.07 Å². The van der Waals surface area contributed by atoms with E-state index in [-0.39, 0.29) is 5.78 Å². The fourth-order valence-corrected chi connectivity index (χ4v) is 0.834. The SMILES string of the molecule is CC(=O)C=COC(=O)c1ccccc1. The molecule has 0 amide bonds. The molecule has 0 radical (unpaired) electrons. The minimum Gasteiger partial charge on any atom is -0.431 e. The molecule has 0 N–H and O–H groups in total. The second-order valence-electron chi connectivity index (χ2n) is 2.68. The molecule has 0 unspecified atom stereocenters. The van der Waals surface area contributed by atoms with Gasteiger partial charge in [0.1, 0.15) is 0 Å². The largest absolute Gasteiger partial charge is 0.431 e. The van der Waals surface area contributed by atoms with Gasteiger partial charge in [-0.05, 0) is 19.1 Å². The Morgan fingerprint density at radius 1 is 1.21 bits per heavy atom. The van der Waals surface area contributed by atoms with Crippen molar-refractivity contribution < 1.29 is 14.3 Å². The van der Waals surface area contributed by atoms with Gasteiger partial charge >= 0.3 is 5.97 Å². The first-order valence-electron chi connectivity index (χ1n) is 4.13. The molecule has 3 nitrogen and oxygen atoms in total. The molecule has 0 bridgehead atoms. The number of allylic oxidation sites excluding steroid dienone is 1. The molecule has 72 valence electrons. The number of carbonyl (C=O) groups excluding carboxylic acids is 2. The molecule has 0 fully saturated rings. The van der Waals surface area contributed by atoms with E-state index < -0.39 is 5.97 Å². The maximum Gasteiger partial charge on any atom is 0.342 e. The van der Waals surface area contributed by atoms with Crippen molar-refractivity contribution in [2.75, 3.05) is 0 Å². The van der Waals surface area contributed by atoms with Gasteiger partial charge in [-0.25, -0.2) is 4.79 Å². The predicted molar refractivity (Wildman–Crippen MR) is 51.7 cm³/mol. The Morgan fingerprint density at radius 3 is 2.43 bits per heavy atom. The van der Waals surface area contributed by atoms with E-state index in [1.165, 1.54) is 13.0 Å². The molecule has 0 saturated heterocycles. The number of hydrogen-bond donors (Lipinski definition) is 0. The number of carbonyl (C=O) groups is 2. The summed E-state index contributed by atoms with van der Waals surface area (Å²) >= 11 is 0. The summed E-state index contributed by atoms with van der Waals surface area (Å²) < 4.78 is 4.70. The second kappa shape index (κ2) is 4.97. The zero-order chi connectivity index (χ0) is 10.4. The number of ether oxygens (including phenoxy) is 1. The van der Waals surface area contributed by atoms with Gasteiger partial charge in [0.25, 0.3) is 0 Å². The van der Waals surface area contributed by atoms with Gasteiger partial charge in [0.15, 0.2) is 5.78 Å². The number of esters is 1. The molecule has 0 spiro atoms. The maximum atomic E-state index is 11.2. The van der Waals surface area contributed by atoms with Crippen molar-refractivity contribution in [2.24, 2.45) is 0 Å². The minimum absolute atomic E-state index is 0.161. The van der Waals surface area contributed by atoms with Gasteiger partial charge in [0, 0.05) is 6.08 Å². The fraction of sp³-hybridized carbons (Fsp3) is 0.0909. The van der Waals surface area contributed by atoms with Crippen LogP contribution in [0.4, 0.5) is 0 Å². The first kappa shape index (κ1) is 10.2. The molecule has 0 saturated carbocycles. The van der Waals surface area contributed by atoms with Gasteiger partial charge in [-0.3, -0.25) is 4.79 Å². The highest BCUT2D eigenvalue weighted by Crippen LogP contribution is 2.00. The third kappa shape index (κ3) is 3.23. The van der Waals surface area contributed by atoms with Gasteiger partial charge < -0.3 is 4.74 Å². The van der Waals surface area contributed by atoms with Crippen LogP contribution in [0.2, 0.25) is 0 Å². The molecule has 0 heterocycles. The molecule has 14 heavy (non-hydrogen) atoms. The first-order valence-corrected chi connectivity index (χ1v) is 4.13. The van der Waals surface area contributed by atoms with Gasteiger partial charge in [0.2, 0.25) is 0 Å². The Kier molecular flexibility index (Phi) is 3.61. The highest BCUT2D eigenvalue weighted by Gasteiger charge is 2.02. The summed E-state index contributed by atoms with van der Waals surface area (Å²) in [5.74, 6) is -0.631. The van der Waals surface area contributed by atoms with Crippen molar-refractivity contribution >= 4 is 11.8 Å². The molecule has 1 aromatic carbocycles. The first-order chi connectivity index (χ1) is 6.70. The molecule has 0 aliphatic rings. The third-order valence-electron chi connectivity index (χ3n) is 1.49. The topological polar surface area (TPSA) is 43.4 Å². The lowest BCUT2D eigenvalue weighted by molar-refractivity contribution is -0.112. The minimum atomic E-state index is -0.469. The Balaban J connectivity index is 2.56. The molecule has 1 rings (SSSR count). The van der Waals surface area contributed by atoms with Crippen molar-refractivity contribution in [1.82, 2.24) is 0 Å². The molecular weight excluding hydrogens is 180 g/mol. The van der Waals surface area contributed by atoms with Gasteiger partial charge in [-0.2, -0.15) is 0 Å². The maximum absolute atomic E-state index is 11.2. The van der Waals surface area contributed by atoms with Gasteiger partial charge in [-0.15, -0.1) is 0 Å². The Morgan fingerprint density at radius 2 is 1.86 bits per heavy atom.